The Labute approximate surface area is 75.6 Å². The van der Waals surface area contributed by atoms with Crippen LogP contribution in [0.25, 0.3) is 0 Å². The highest BCUT2D eigenvalue weighted by molar-refractivity contribution is 5.02. The summed E-state index contributed by atoms with van der Waals surface area (Å²) in [6, 6.07) is 0. The van der Waals surface area contributed by atoms with Gasteiger partial charge < -0.3 is 10.2 Å². The van der Waals surface area contributed by atoms with E-state index in [9.17, 15) is 0 Å². The predicted molar refractivity (Wildman–Crippen MR) is 52.8 cm³/mol. The van der Waals surface area contributed by atoms with Crippen LogP contribution in [0.1, 0.15) is 26.7 Å². The standard InChI is InChI=1S/C10H20N2/c1-4-11-8-10-7-9(2)5-6-12(10)3/h8-9,11H,4-7H2,1-3H3/b10-8-. The average molecular weight is 168 g/mol. The van der Waals surface area contributed by atoms with Gasteiger partial charge in [-0.3, -0.25) is 0 Å². The van der Waals surface area contributed by atoms with E-state index in [4.69, 9.17) is 0 Å². The summed E-state index contributed by atoms with van der Waals surface area (Å²) in [5.41, 5.74) is 1.45. The number of nitrogens with one attached hydrogen (secondary N) is 1. The first-order valence-electron chi connectivity index (χ1n) is 4.87. The van der Waals surface area contributed by atoms with Gasteiger partial charge in [0.25, 0.3) is 0 Å². The molecule has 0 aromatic rings. The second-order valence-corrected chi connectivity index (χ2v) is 3.71. The Bertz CT molecular complexity index is 163. The Morgan fingerprint density at radius 2 is 2.42 bits per heavy atom. The molecule has 1 heterocycles. The molecule has 1 rings (SSSR count). The molecule has 1 aliphatic rings. The summed E-state index contributed by atoms with van der Waals surface area (Å²) < 4.78 is 0. The Morgan fingerprint density at radius 3 is 3.08 bits per heavy atom. The third-order valence-electron chi connectivity index (χ3n) is 2.48. The van der Waals surface area contributed by atoms with Crippen LogP contribution in [0, 0.1) is 5.92 Å². The molecule has 0 radical (unpaired) electrons. The summed E-state index contributed by atoms with van der Waals surface area (Å²) in [5.74, 6) is 0.853. The van der Waals surface area contributed by atoms with Gasteiger partial charge in [-0.1, -0.05) is 6.92 Å². The van der Waals surface area contributed by atoms with Crippen molar-refractivity contribution in [1.29, 1.82) is 0 Å². The topological polar surface area (TPSA) is 15.3 Å². The minimum atomic E-state index is 0.853. The number of piperidine rings is 1. The first-order chi connectivity index (χ1) is 5.74. The number of hydrogen-bond donors (Lipinski definition) is 1. The molecule has 1 unspecified atom stereocenters. The number of nitrogens with zero attached hydrogens (tertiary/aromatic N) is 1. The van der Waals surface area contributed by atoms with Crippen molar-refractivity contribution in [1.82, 2.24) is 10.2 Å². The molecule has 1 aliphatic heterocycles. The van der Waals surface area contributed by atoms with Crippen LogP contribution in [0.2, 0.25) is 0 Å². The van der Waals surface area contributed by atoms with Crippen molar-refractivity contribution in [2.45, 2.75) is 26.7 Å². The lowest BCUT2D eigenvalue weighted by Gasteiger charge is -2.31. The van der Waals surface area contributed by atoms with Crippen LogP contribution in [-0.4, -0.2) is 25.0 Å². The SMILES string of the molecule is CCN/C=C1/CC(C)CCN1C. The number of rotatable bonds is 2. The van der Waals surface area contributed by atoms with Gasteiger partial charge in [-0.15, -0.1) is 0 Å². The second-order valence-electron chi connectivity index (χ2n) is 3.71. The van der Waals surface area contributed by atoms with E-state index in [0.29, 0.717) is 0 Å². The maximum Gasteiger partial charge on any atom is 0.0292 e. The highest BCUT2D eigenvalue weighted by Crippen LogP contribution is 2.22. The zero-order valence-electron chi connectivity index (χ0n) is 8.43. The van der Waals surface area contributed by atoms with Gasteiger partial charge in [0, 0.05) is 32.0 Å². The zero-order chi connectivity index (χ0) is 8.97. The normalized spacial score (nSPS) is 27.8. The van der Waals surface area contributed by atoms with E-state index < -0.39 is 0 Å². The highest BCUT2D eigenvalue weighted by atomic mass is 15.1. The van der Waals surface area contributed by atoms with Crippen LogP contribution < -0.4 is 5.32 Å². The minimum Gasteiger partial charge on any atom is -0.390 e. The van der Waals surface area contributed by atoms with Crippen LogP contribution in [0.3, 0.4) is 0 Å². The largest absolute Gasteiger partial charge is 0.390 e. The predicted octanol–water partition coefficient (Wildman–Crippen LogP) is 1.80. The number of allylic oxidation sites excluding steroid dienone is 1. The Morgan fingerprint density at radius 1 is 1.67 bits per heavy atom. The molecule has 0 aromatic carbocycles. The third-order valence-corrected chi connectivity index (χ3v) is 2.48. The number of hydrogen-bond acceptors (Lipinski definition) is 2. The molecule has 70 valence electrons. The molecule has 12 heavy (non-hydrogen) atoms. The van der Waals surface area contributed by atoms with Crippen molar-refractivity contribution in [3.8, 4) is 0 Å². The third kappa shape index (κ3) is 2.43. The molecule has 1 fully saturated rings. The molecule has 0 aromatic heterocycles. The van der Waals surface area contributed by atoms with Crippen molar-refractivity contribution in [2.24, 2.45) is 5.92 Å². The summed E-state index contributed by atoms with van der Waals surface area (Å²) in [7, 11) is 2.18. The molecular weight excluding hydrogens is 148 g/mol. The maximum atomic E-state index is 3.27. The monoisotopic (exact) mass is 168 g/mol. The smallest absolute Gasteiger partial charge is 0.0292 e. The maximum absolute atomic E-state index is 3.27. The molecule has 0 aliphatic carbocycles. The van der Waals surface area contributed by atoms with Gasteiger partial charge >= 0.3 is 0 Å². The molecule has 2 nitrogen and oxygen atoms in total. The van der Waals surface area contributed by atoms with Gasteiger partial charge in [0.1, 0.15) is 0 Å². The summed E-state index contributed by atoms with van der Waals surface area (Å²) >= 11 is 0. The van der Waals surface area contributed by atoms with Gasteiger partial charge in [-0.05, 0) is 25.7 Å². The molecule has 0 amide bonds. The fraction of sp³-hybridized carbons (Fsp3) is 0.800. The summed E-state index contributed by atoms with van der Waals surface area (Å²) in [6.45, 7) is 6.68. The van der Waals surface area contributed by atoms with E-state index in [-0.39, 0.29) is 0 Å². The summed E-state index contributed by atoms with van der Waals surface area (Å²) in [4.78, 5) is 2.35. The Kier molecular flexibility index (Phi) is 3.45. The van der Waals surface area contributed by atoms with E-state index in [1.165, 1.54) is 25.1 Å². The minimum absolute atomic E-state index is 0.853. The highest BCUT2D eigenvalue weighted by Gasteiger charge is 2.16. The fourth-order valence-corrected chi connectivity index (χ4v) is 1.56. The van der Waals surface area contributed by atoms with Crippen LogP contribution in [0.4, 0.5) is 0 Å². The molecule has 1 N–H and O–H groups in total. The van der Waals surface area contributed by atoms with Crippen LogP contribution in [0.5, 0.6) is 0 Å². The molecule has 1 atom stereocenters. The van der Waals surface area contributed by atoms with Gasteiger partial charge in [0.15, 0.2) is 0 Å². The van der Waals surface area contributed by atoms with Gasteiger partial charge in [-0.2, -0.15) is 0 Å². The Hall–Kier alpha value is -0.660. The molecule has 0 bridgehead atoms. The lowest BCUT2D eigenvalue weighted by molar-refractivity contribution is 0.289. The first kappa shape index (κ1) is 9.43. The van der Waals surface area contributed by atoms with E-state index in [1.54, 1.807) is 0 Å². The summed E-state index contributed by atoms with van der Waals surface area (Å²) in [6.07, 6.45) is 4.72. The van der Waals surface area contributed by atoms with E-state index in [2.05, 4.69) is 37.3 Å². The van der Waals surface area contributed by atoms with Crippen molar-refractivity contribution in [3.63, 3.8) is 0 Å². The molecular formula is C10H20N2. The van der Waals surface area contributed by atoms with Crippen molar-refractivity contribution in [3.05, 3.63) is 11.9 Å². The molecule has 0 spiro atoms. The zero-order valence-corrected chi connectivity index (χ0v) is 8.43. The average Bonchev–Trinajstić information content (AvgIpc) is 2.07. The quantitative estimate of drug-likeness (QED) is 0.676. The summed E-state index contributed by atoms with van der Waals surface area (Å²) in [5, 5.41) is 3.27. The lowest BCUT2D eigenvalue weighted by atomic mass is 9.97. The second kappa shape index (κ2) is 4.39. The molecule has 1 saturated heterocycles. The van der Waals surface area contributed by atoms with Crippen LogP contribution in [-0.2, 0) is 0 Å². The van der Waals surface area contributed by atoms with Crippen molar-refractivity contribution >= 4 is 0 Å². The lowest BCUT2D eigenvalue weighted by Crippen LogP contribution is -2.28. The van der Waals surface area contributed by atoms with Gasteiger partial charge in [0.2, 0.25) is 0 Å². The molecule has 2 heteroatoms. The van der Waals surface area contributed by atoms with E-state index in [1.807, 2.05) is 0 Å². The van der Waals surface area contributed by atoms with E-state index >= 15 is 0 Å². The van der Waals surface area contributed by atoms with Crippen molar-refractivity contribution < 1.29 is 0 Å². The first-order valence-corrected chi connectivity index (χ1v) is 4.87. The van der Waals surface area contributed by atoms with Gasteiger partial charge in [-0.25, -0.2) is 0 Å². The Balaban J connectivity index is 2.48. The number of likely N-dealkylation sites (tertiary alicyclic amines) is 1. The van der Waals surface area contributed by atoms with E-state index in [0.717, 1.165) is 12.5 Å². The van der Waals surface area contributed by atoms with Gasteiger partial charge in [0.05, 0.1) is 0 Å². The van der Waals surface area contributed by atoms with Crippen molar-refractivity contribution in [2.75, 3.05) is 20.1 Å². The molecule has 0 saturated carbocycles. The van der Waals surface area contributed by atoms with Crippen LogP contribution in [0.15, 0.2) is 11.9 Å². The fourth-order valence-electron chi connectivity index (χ4n) is 1.56. The van der Waals surface area contributed by atoms with Crippen LogP contribution >= 0.6 is 0 Å².